The first kappa shape index (κ1) is 13.0. The molecular weight excluding hydrogens is 158 g/mol. The summed E-state index contributed by atoms with van der Waals surface area (Å²) in [5, 5.41) is 0. The van der Waals surface area contributed by atoms with Crippen LogP contribution in [0.4, 0.5) is 0 Å². The van der Waals surface area contributed by atoms with E-state index in [0.29, 0.717) is 0 Å². The van der Waals surface area contributed by atoms with Crippen LogP contribution in [0, 0.1) is 23.7 Å². The second-order valence-corrected chi connectivity index (χ2v) is 4.90. The van der Waals surface area contributed by atoms with Gasteiger partial charge in [0.2, 0.25) is 0 Å². The van der Waals surface area contributed by atoms with Crippen LogP contribution in [0.3, 0.4) is 0 Å². The SMILES string of the molecule is CCC(CN)CC(C(C)C)C(C)C. The van der Waals surface area contributed by atoms with Gasteiger partial charge in [-0.2, -0.15) is 0 Å². The largest absolute Gasteiger partial charge is 0.330 e. The van der Waals surface area contributed by atoms with Crippen LogP contribution in [0.1, 0.15) is 47.5 Å². The molecule has 1 unspecified atom stereocenters. The Balaban J connectivity index is 4.08. The van der Waals surface area contributed by atoms with Gasteiger partial charge < -0.3 is 5.73 Å². The van der Waals surface area contributed by atoms with Gasteiger partial charge in [-0.3, -0.25) is 0 Å². The lowest BCUT2D eigenvalue weighted by atomic mass is 9.78. The van der Waals surface area contributed by atoms with E-state index < -0.39 is 0 Å². The quantitative estimate of drug-likeness (QED) is 0.675. The summed E-state index contributed by atoms with van der Waals surface area (Å²) in [6.07, 6.45) is 2.54. The molecule has 1 atom stereocenters. The van der Waals surface area contributed by atoms with Gasteiger partial charge in [0, 0.05) is 0 Å². The van der Waals surface area contributed by atoms with Crippen LogP contribution in [-0.2, 0) is 0 Å². The van der Waals surface area contributed by atoms with E-state index in [1.54, 1.807) is 0 Å². The second-order valence-electron chi connectivity index (χ2n) is 4.90. The molecular formula is C12H27N. The second kappa shape index (κ2) is 6.42. The molecule has 0 radical (unpaired) electrons. The molecule has 1 nitrogen and oxygen atoms in total. The lowest BCUT2D eigenvalue weighted by Crippen LogP contribution is -2.23. The fraction of sp³-hybridized carbons (Fsp3) is 1.00. The zero-order valence-corrected chi connectivity index (χ0v) is 10.0. The van der Waals surface area contributed by atoms with E-state index >= 15 is 0 Å². The van der Waals surface area contributed by atoms with Gasteiger partial charge in [-0.15, -0.1) is 0 Å². The molecule has 0 bridgehead atoms. The maximum absolute atomic E-state index is 5.73. The zero-order chi connectivity index (χ0) is 10.4. The Morgan fingerprint density at radius 3 is 1.69 bits per heavy atom. The minimum absolute atomic E-state index is 0.731. The van der Waals surface area contributed by atoms with E-state index in [9.17, 15) is 0 Å². The van der Waals surface area contributed by atoms with Gasteiger partial charge in [0.25, 0.3) is 0 Å². The van der Waals surface area contributed by atoms with Crippen LogP contribution in [0.5, 0.6) is 0 Å². The van der Waals surface area contributed by atoms with Gasteiger partial charge in [-0.1, -0.05) is 41.0 Å². The highest BCUT2D eigenvalue weighted by atomic mass is 14.5. The molecule has 0 saturated heterocycles. The predicted octanol–water partition coefficient (Wildman–Crippen LogP) is 3.29. The van der Waals surface area contributed by atoms with Crippen molar-refractivity contribution in [2.75, 3.05) is 6.54 Å². The van der Waals surface area contributed by atoms with E-state index in [2.05, 4.69) is 34.6 Å². The normalized spacial score (nSPS) is 14.5. The van der Waals surface area contributed by atoms with Crippen molar-refractivity contribution in [1.82, 2.24) is 0 Å². The van der Waals surface area contributed by atoms with Gasteiger partial charge in [0.1, 0.15) is 0 Å². The average Bonchev–Trinajstić information content (AvgIpc) is 2.05. The molecule has 0 heterocycles. The van der Waals surface area contributed by atoms with Crippen molar-refractivity contribution >= 4 is 0 Å². The van der Waals surface area contributed by atoms with E-state index in [4.69, 9.17) is 5.73 Å². The summed E-state index contributed by atoms with van der Waals surface area (Å²) in [6.45, 7) is 12.4. The van der Waals surface area contributed by atoms with Gasteiger partial charge in [0.15, 0.2) is 0 Å². The molecule has 0 spiro atoms. The van der Waals surface area contributed by atoms with E-state index in [-0.39, 0.29) is 0 Å². The highest BCUT2D eigenvalue weighted by Crippen LogP contribution is 2.28. The first-order chi connectivity index (χ1) is 6.02. The fourth-order valence-electron chi connectivity index (χ4n) is 2.13. The van der Waals surface area contributed by atoms with Crippen molar-refractivity contribution in [3.63, 3.8) is 0 Å². The molecule has 0 aromatic rings. The third-order valence-corrected chi connectivity index (χ3v) is 3.23. The van der Waals surface area contributed by atoms with E-state index in [0.717, 1.165) is 30.2 Å². The van der Waals surface area contributed by atoms with E-state index in [1.807, 2.05) is 0 Å². The van der Waals surface area contributed by atoms with Gasteiger partial charge in [-0.05, 0) is 36.6 Å². The summed E-state index contributed by atoms with van der Waals surface area (Å²) in [5.74, 6) is 3.16. The molecule has 2 N–H and O–H groups in total. The molecule has 80 valence electrons. The molecule has 0 aliphatic heterocycles. The number of hydrogen-bond donors (Lipinski definition) is 1. The lowest BCUT2D eigenvalue weighted by molar-refractivity contribution is 0.227. The number of hydrogen-bond acceptors (Lipinski definition) is 1. The third-order valence-electron chi connectivity index (χ3n) is 3.23. The fourth-order valence-corrected chi connectivity index (χ4v) is 2.13. The van der Waals surface area contributed by atoms with Crippen LogP contribution in [0.15, 0.2) is 0 Å². The molecule has 0 amide bonds. The van der Waals surface area contributed by atoms with Crippen LogP contribution in [0.2, 0.25) is 0 Å². The van der Waals surface area contributed by atoms with Gasteiger partial charge in [-0.25, -0.2) is 0 Å². The van der Waals surface area contributed by atoms with Crippen LogP contribution in [0.25, 0.3) is 0 Å². The predicted molar refractivity (Wildman–Crippen MR) is 60.6 cm³/mol. The minimum Gasteiger partial charge on any atom is -0.330 e. The van der Waals surface area contributed by atoms with Crippen LogP contribution >= 0.6 is 0 Å². The zero-order valence-electron chi connectivity index (χ0n) is 10.0. The van der Waals surface area contributed by atoms with Crippen molar-refractivity contribution in [3.05, 3.63) is 0 Å². The molecule has 0 aliphatic rings. The minimum atomic E-state index is 0.731. The number of nitrogens with two attached hydrogens (primary N) is 1. The van der Waals surface area contributed by atoms with Gasteiger partial charge >= 0.3 is 0 Å². The number of rotatable bonds is 6. The molecule has 0 fully saturated rings. The Labute approximate surface area is 84.1 Å². The smallest absolute Gasteiger partial charge is 0.00489 e. The first-order valence-corrected chi connectivity index (χ1v) is 5.72. The Morgan fingerprint density at radius 2 is 1.46 bits per heavy atom. The molecule has 0 rings (SSSR count). The molecule has 0 aromatic heterocycles. The van der Waals surface area contributed by atoms with Crippen molar-refractivity contribution in [2.24, 2.45) is 29.4 Å². The maximum atomic E-state index is 5.73. The Morgan fingerprint density at radius 1 is 1.00 bits per heavy atom. The summed E-state index contributed by atoms with van der Waals surface area (Å²) in [7, 11) is 0. The summed E-state index contributed by atoms with van der Waals surface area (Å²) < 4.78 is 0. The first-order valence-electron chi connectivity index (χ1n) is 5.72. The molecule has 0 aromatic carbocycles. The maximum Gasteiger partial charge on any atom is -0.00489 e. The Hall–Kier alpha value is -0.0400. The summed E-state index contributed by atoms with van der Waals surface area (Å²) >= 11 is 0. The van der Waals surface area contributed by atoms with Crippen molar-refractivity contribution in [2.45, 2.75) is 47.5 Å². The molecule has 0 saturated carbocycles. The van der Waals surface area contributed by atoms with E-state index in [1.165, 1.54) is 12.8 Å². The van der Waals surface area contributed by atoms with Crippen molar-refractivity contribution in [1.29, 1.82) is 0 Å². The van der Waals surface area contributed by atoms with Gasteiger partial charge in [0.05, 0.1) is 0 Å². The molecule has 13 heavy (non-hydrogen) atoms. The van der Waals surface area contributed by atoms with Crippen LogP contribution < -0.4 is 5.73 Å². The topological polar surface area (TPSA) is 26.0 Å². The summed E-state index contributed by atoms with van der Waals surface area (Å²) in [5.41, 5.74) is 5.73. The van der Waals surface area contributed by atoms with Crippen molar-refractivity contribution in [3.8, 4) is 0 Å². The monoisotopic (exact) mass is 185 g/mol. The van der Waals surface area contributed by atoms with Crippen LogP contribution in [-0.4, -0.2) is 6.54 Å². The highest BCUT2D eigenvalue weighted by molar-refractivity contribution is 4.71. The average molecular weight is 185 g/mol. The Bertz CT molecular complexity index is 106. The highest BCUT2D eigenvalue weighted by Gasteiger charge is 2.20. The third kappa shape index (κ3) is 4.66. The Kier molecular flexibility index (Phi) is 6.40. The standard InChI is InChI=1S/C12H27N/c1-6-11(8-13)7-12(9(2)3)10(4)5/h9-12H,6-8,13H2,1-5H3. The summed E-state index contributed by atoms with van der Waals surface area (Å²) in [4.78, 5) is 0. The lowest BCUT2D eigenvalue weighted by Gasteiger charge is -2.28. The molecule has 1 heteroatoms. The summed E-state index contributed by atoms with van der Waals surface area (Å²) in [6, 6.07) is 0. The molecule has 0 aliphatic carbocycles. The van der Waals surface area contributed by atoms with Crippen molar-refractivity contribution < 1.29 is 0 Å².